The van der Waals surface area contributed by atoms with Gasteiger partial charge in [-0.1, -0.05) is 47.9 Å². The molecule has 1 aliphatic carbocycles. The molecule has 1 aromatic carbocycles. The minimum atomic E-state index is 0.413. The number of hydrogen-bond donors (Lipinski definition) is 2. The van der Waals surface area contributed by atoms with Gasteiger partial charge in [-0.15, -0.1) is 0 Å². The van der Waals surface area contributed by atoms with Crippen molar-refractivity contribution in [2.75, 3.05) is 11.9 Å². The van der Waals surface area contributed by atoms with E-state index in [0.717, 1.165) is 22.3 Å². The van der Waals surface area contributed by atoms with E-state index < -0.39 is 0 Å². The van der Waals surface area contributed by atoms with Gasteiger partial charge in [-0.05, 0) is 36.5 Å². The average molecular weight is 327 g/mol. The highest BCUT2D eigenvalue weighted by molar-refractivity contribution is 9.10. The molecule has 2 nitrogen and oxygen atoms in total. The first-order valence-corrected chi connectivity index (χ1v) is 7.54. The third-order valence-corrected chi connectivity index (χ3v) is 4.48. The van der Waals surface area contributed by atoms with E-state index in [-0.39, 0.29) is 0 Å². The van der Waals surface area contributed by atoms with Crippen LogP contribution in [0.1, 0.15) is 38.2 Å². The van der Waals surface area contributed by atoms with Crippen LogP contribution < -0.4 is 11.1 Å². The summed E-state index contributed by atoms with van der Waals surface area (Å²) in [6.45, 7) is 3.34. The molecule has 0 atom stereocenters. The van der Waals surface area contributed by atoms with Crippen LogP contribution in [0.3, 0.4) is 0 Å². The Morgan fingerprint density at radius 3 is 2.72 bits per heavy atom. The molecule has 2 rings (SSSR count). The van der Waals surface area contributed by atoms with Gasteiger partial charge in [0.25, 0.3) is 0 Å². The SMILES string of the molecule is CC1(CNc2cc(Br)ccc2C(N)=S)CCCC1. The zero-order chi connectivity index (χ0) is 13.2. The Bertz CT molecular complexity index is 453. The van der Waals surface area contributed by atoms with Crippen LogP contribution in [-0.4, -0.2) is 11.5 Å². The summed E-state index contributed by atoms with van der Waals surface area (Å²) in [6.07, 6.45) is 5.30. The van der Waals surface area contributed by atoms with E-state index in [1.807, 2.05) is 18.2 Å². The first-order chi connectivity index (χ1) is 8.50. The molecule has 0 heterocycles. The van der Waals surface area contributed by atoms with Gasteiger partial charge in [0, 0.05) is 22.3 Å². The zero-order valence-electron chi connectivity index (χ0n) is 10.6. The number of benzene rings is 1. The van der Waals surface area contributed by atoms with Crippen LogP contribution in [-0.2, 0) is 0 Å². The van der Waals surface area contributed by atoms with Crippen LogP contribution in [0, 0.1) is 5.41 Å². The minimum Gasteiger partial charge on any atom is -0.389 e. The molecule has 0 aliphatic heterocycles. The van der Waals surface area contributed by atoms with Crippen LogP contribution >= 0.6 is 28.1 Å². The lowest BCUT2D eigenvalue weighted by molar-refractivity contribution is 0.362. The number of nitrogens with one attached hydrogen (secondary N) is 1. The molecular weight excluding hydrogens is 308 g/mol. The van der Waals surface area contributed by atoms with Crippen LogP contribution in [0.2, 0.25) is 0 Å². The highest BCUT2D eigenvalue weighted by atomic mass is 79.9. The molecule has 0 saturated heterocycles. The first kappa shape index (κ1) is 13.8. The Morgan fingerprint density at radius 1 is 1.44 bits per heavy atom. The van der Waals surface area contributed by atoms with Gasteiger partial charge in [0.2, 0.25) is 0 Å². The molecule has 0 aromatic heterocycles. The third kappa shape index (κ3) is 3.23. The van der Waals surface area contributed by atoms with E-state index in [1.165, 1.54) is 25.7 Å². The highest BCUT2D eigenvalue weighted by Gasteiger charge is 2.28. The predicted molar refractivity (Wildman–Crippen MR) is 85.1 cm³/mol. The van der Waals surface area contributed by atoms with Crippen molar-refractivity contribution >= 4 is 38.8 Å². The Morgan fingerprint density at radius 2 is 2.11 bits per heavy atom. The van der Waals surface area contributed by atoms with Crippen molar-refractivity contribution in [3.8, 4) is 0 Å². The Labute approximate surface area is 122 Å². The maximum absolute atomic E-state index is 5.76. The fourth-order valence-electron chi connectivity index (χ4n) is 2.59. The number of anilines is 1. The smallest absolute Gasteiger partial charge is 0.106 e. The maximum Gasteiger partial charge on any atom is 0.106 e. The van der Waals surface area contributed by atoms with E-state index in [1.54, 1.807) is 0 Å². The van der Waals surface area contributed by atoms with E-state index in [4.69, 9.17) is 18.0 Å². The van der Waals surface area contributed by atoms with Crippen LogP contribution in [0.25, 0.3) is 0 Å². The van der Waals surface area contributed by atoms with Crippen molar-refractivity contribution in [3.05, 3.63) is 28.2 Å². The quantitative estimate of drug-likeness (QED) is 0.819. The van der Waals surface area contributed by atoms with Gasteiger partial charge in [-0.25, -0.2) is 0 Å². The minimum absolute atomic E-state index is 0.413. The topological polar surface area (TPSA) is 38.0 Å². The van der Waals surface area contributed by atoms with Gasteiger partial charge in [-0.3, -0.25) is 0 Å². The summed E-state index contributed by atoms with van der Waals surface area (Å²) in [6, 6.07) is 5.98. The van der Waals surface area contributed by atoms with Gasteiger partial charge in [-0.2, -0.15) is 0 Å². The lowest BCUT2D eigenvalue weighted by atomic mass is 9.89. The number of rotatable bonds is 4. The second-order valence-corrected chi connectivity index (χ2v) is 6.78. The summed E-state index contributed by atoms with van der Waals surface area (Å²) < 4.78 is 1.04. The highest BCUT2D eigenvalue weighted by Crippen LogP contribution is 2.37. The van der Waals surface area contributed by atoms with E-state index in [0.29, 0.717) is 10.4 Å². The Hall–Kier alpha value is -0.610. The second-order valence-electron chi connectivity index (χ2n) is 5.43. The molecule has 0 unspecified atom stereocenters. The summed E-state index contributed by atoms with van der Waals surface area (Å²) in [4.78, 5) is 0.446. The number of hydrogen-bond acceptors (Lipinski definition) is 2. The Kier molecular flexibility index (Phi) is 4.28. The second kappa shape index (κ2) is 5.57. The van der Waals surface area contributed by atoms with Crippen molar-refractivity contribution in [2.45, 2.75) is 32.6 Å². The molecule has 1 aliphatic rings. The summed E-state index contributed by atoms with van der Waals surface area (Å²) in [5.41, 5.74) is 8.13. The van der Waals surface area contributed by atoms with Crippen molar-refractivity contribution < 1.29 is 0 Å². The molecule has 1 aromatic rings. The van der Waals surface area contributed by atoms with E-state index in [9.17, 15) is 0 Å². The van der Waals surface area contributed by atoms with Gasteiger partial charge < -0.3 is 11.1 Å². The van der Waals surface area contributed by atoms with Crippen molar-refractivity contribution in [2.24, 2.45) is 11.1 Å². The molecule has 4 heteroatoms. The van der Waals surface area contributed by atoms with Crippen LogP contribution in [0.5, 0.6) is 0 Å². The van der Waals surface area contributed by atoms with Crippen molar-refractivity contribution in [1.82, 2.24) is 0 Å². The number of nitrogens with two attached hydrogens (primary N) is 1. The van der Waals surface area contributed by atoms with Crippen LogP contribution in [0.15, 0.2) is 22.7 Å². The first-order valence-electron chi connectivity index (χ1n) is 6.33. The van der Waals surface area contributed by atoms with Crippen molar-refractivity contribution in [1.29, 1.82) is 0 Å². The fourth-order valence-corrected chi connectivity index (χ4v) is 3.13. The summed E-state index contributed by atoms with van der Waals surface area (Å²) in [5.74, 6) is 0. The molecule has 1 saturated carbocycles. The number of halogens is 1. The molecule has 18 heavy (non-hydrogen) atoms. The Balaban J connectivity index is 2.12. The zero-order valence-corrected chi connectivity index (χ0v) is 13.0. The maximum atomic E-state index is 5.76. The lowest BCUT2D eigenvalue weighted by Crippen LogP contribution is -2.24. The summed E-state index contributed by atoms with van der Waals surface area (Å²) in [5, 5.41) is 3.52. The molecule has 0 amide bonds. The predicted octanol–water partition coefficient (Wildman–Crippen LogP) is 4.08. The molecule has 98 valence electrons. The molecule has 0 radical (unpaired) electrons. The fraction of sp³-hybridized carbons (Fsp3) is 0.500. The number of thiocarbonyl (C=S) groups is 1. The van der Waals surface area contributed by atoms with Gasteiger partial charge in [0.1, 0.15) is 4.99 Å². The molecule has 1 fully saturated rings. The van der Waals surface area contributed by atoms with E-state index >= 15 is 0 Å². The monoisotopic (exact) mass is 326 g/mol. The third-order valence-electron chi connectivity index (χ3n) is 3.76. The van der Waals surface area contributed by atoms with Crippen LogP contribution in [0.4, 0.5) is 5.69 Å². The van der Waals surface area contributed by atoms with Gasteiger partial charge >= 0.3 is 0 Å². The van der Waals surface area contributed by atoms with Crippen molar-refractivity contribution in [3.63, 3.8) is 0 Å². The normalized spacial score (nSPS) is 17.7. The summed E-state index contributed by atoms with van der Waals surface area (Å²) >= 11 is 8.58. The summed E-state index contributed by atoms with van der Waals surface area (Å²) in [7, 11) is 0. The standard InChI is InChI=1S/C14H19BrN2S/c1-14(6-2-3-7-14)9-17-12-8-10(15)4-5-11(12)13(16)18/h4-5,8,17H,2-3,6-7,9H2,1H3,(H2,16,18). The molecular formula is C14H19BrN2S. The molecule has 3 N–H and O–H groups in total. The lowest BCUT2D eigenvalue weighted by Gasteiger charge is -2.25. The molecule has 0 bridgehead atoms. The van der Waals surface area contributed by atoms with Gasteiger partial charge in [0.15, 0.2) is 0 Å². The van der Waals surface area contributed by atoms with E-state index in [2.05, 4.69) is 28.2 Å². The average Bonchev–Trinajstić information content (AvgIpc) is 2.74. The van der Waals surface area contributed by atoms with Gasteiger partial charge in [0.05, 0.1) is 0 Å². The molecule has 0 spiro atoms. The largest absolute Gasteiger partial charge is 0.389 e.